The highest BCUT2D eigenvalue weighted by atomic mass is 35.5. The molecule has 1 aliphatic rings. The molecule has 8 heteroatoms. The van der Waals surface area contributed by atoms with E-state index in [2.05, 4.69) is 5.32 Å². The summed E-state index contributed by atoms with van der Waals surface area (Å²) >= 11 is 6.24. The van der Waals surface area contributed by atoms with E-state index in [0.717, 1.165) is 12.8 Å². The Hall–Kier alpha value is -2.54. The number of ether oxygens (including phenoxy) is 2. The summed E-state index contributed by atoms with van der Waals surface area (Å²) in [5, 5.41) is 2.98. The molecular formula is C21H27ClFN2O4+. The molecule has 0 saturated heterocycles. The molecule has 3 rings (SSSR count). The first-order valence-corrected chi connectivity index (χ1v) is 9.93. The van der Waals surface area contributed by atoms with Gasteiger partial charge in [-0.1, -0.05) is 31.5 Å². The largest absolute Gasteiger partial charge is 0.494 e. The van der Waals surface area contributed by atoms with E-state index < -0.39 is 11.7 Å². The number of methoxy groups -OCH3 is 1. The maximum absolute atomic E-state index is 13.8. The van der Waals surface area contributed by atoms with Crippen LogP contribution in [0.3, 0.4) is 0 Å². The maximum atomic E-state index is 13.8. The topological polar surface area (TPSA) is 60.7 Å². The molecule has 1 N–H and O–H groups in total. The van der Waals surface area contributed by atoms with Crippen LogP contribution in [-0.4, -0.2) is 26.7 Å². The number of aromatic nitrogens is 1. The van der Waals surface area contributed by atoms with Crippen LogP contribution in [0, 0.1) is 11.7 Å². The van der Waals surface area contributed by atoms with E-state index in [1.165, 1.54) is 31.1 Å². The quantitative estimate of drug-likeness (QED) is 0.657. The van der Waals surface area contributed by atoms with Gasteiger partial charge in [-0.25, -0.2) is 4.39 Å². The summed E-state index contributed by atoms with van der Waals surface area (Å²) in [5.74, 6) is -0.0445. The van der Waals surface area contributed by atoms with Gasteiger partial charge in [-0.15, -0.1) is 0 Å². The lowest BCUT2D eigenvalue weighted by atomic mass is 10.2. The van der Waals surface area contributed by atoms with Gasteiger partial charge in [-0.2, -0.15) is 0 Å². The average Bonchev–Trinajstić information content (AvgIpc) is 3.56. The highest BCUT2D eigenvalue weighted by Crippen LogP contribution is 2.30. The van der Waals surface area contributed by atoms with E-state index in [4.69, 9.17) is 25.9 Å². The standard InChI is InChI=1S/C19H20ClFN2O4.C2H6/c1-25-16-6-5-13(9-15(16)21)10-22-18(24)17-14(20)7-8-23(26-2)19(17)27-11-12-3-4-12;1-2/h5-9,12H,3-4,10-11H2,1-2H3;1-2H3/p+1. The number of carbonyl (C=O) groups is 1. The third-order valence-corrected chi connectivity index (χ3v) is 4.57. The van der Waals surface area contributed by atoms with Crippen molar-refractivity contribution in [1.82, 2.24) is 5.32 Å². The Morgan fingerprint density at radius 1 is 1.28 bits per heavy atom. The summed E-state index contributed by atoms with van der Waals surface area (Å²) in [6.45, 7) is 4.62. The molecule has 158 valence electrons. The van der Waals surface area contributed by atoms with Crippen LogP contribution >= 0.6 is 11.6 Å². The number of nitrogens with zero attached hydrogens (tertiary/aromatic N) is 1. The maximum Gasteiger partial charge on any atom is 0.431 e. The van der Waals surface area contributed by atoms with Gasteiger partial charge in [0, 0.05) is 17.3 Å². The average molecular weight is 426 g/mol. The molecule has 2 aromatic rings. The molecule has 1 aromatic carbocycles. The van der Waals surface area contributed by atoms with Gasteiger partial charge in [0.1, 0.15) is 7.11 Å². The summed E-state index contributed by atoms with van der Waals surface area (Å²) < 4.78 is 25.9. The van der Waals surface area contributed by atoms with Gasteiger partial charge >= 0.3 is 5.88 Å². The number of hydrogen-bond acceptors (Lipinski definition) is 4. The van der Waals surface area contributed by atoms with Crippen molar-refractivity contribution < 1.29 is 28.2 Å². The third kappa shape index (κ3) is 5.97. The molecule has 0 aliphatic heterocycles. The van der Waals surface area contributed by atoms with Crippen LogP contribution in [0.4, 0.5) is 4.39 Å². The molecule has 0 unspecified atom stereocenters. The van der Waals surface area contributed by atoms with Gasteiger partial charge < -0.3 is 14.8 Å². The van der Waals surface area contributed by atoms with Crippen molar-refractivity contribution in [3.05, 3.63) is 52.4 Å². The SMILES string of the molecule is CC.COc1ccc(CNC(=O)c2c(Cl)cc[n+](OC)c2OCC2CC2)cc1F. The van der Waals surface area contributed by atoms with Crippen molar-refractivity contribution in [3.63, 3.8) is 0 Å². The fraction of sp³-hybridized carbons (Fsp3) is 0.429. The number of hydrogen-bond donors (Lipinski definition) is 1. The number of carbonyl (C=O) groups excluding carboxylic acids is 1. The van der Waals surface area contributed by atoms with Crippen LogP contribution < -0.4 is 24.4 Å². The molecule has 1 aliphatic carbocycles. The number of pyridine rings is 1. The first kappa shape index (κ1) is 22.7. The molecule has 1 saturated carbocycles. The predicted octanol–water partition coefficient (Wildman–Crippen LogP) is 3.58. The van der Waals surface area contributed by atoms with Crippen LogP contribution in [0.5, 0.6) is 11.6 Å². The van der Waals surface area contributed by atoms with Crippen LogP contribution in [-0.2, 0) is 6.54 Å². The second kappa shape index (κ2) is 10.9. The Morgan fingerprint density at radius 3 is 2.59 bits per heavy atom. The summed E-state index contributed by atoms with van der Waals surface area (Å²) in [6, 6.07) is 6.05. The van der Waals surface area contributed by atoms with Crippen molar-refractivity contribution >= 4 is 17.5 Å². The second-order valence-electron chi connectivity index (χ2n) is 6.26. The van der Waals surface area contributed by atoms with Crippen LogP contribution in [0.25, 0.3) is 0 Å². The third-order valence-electron chi connectivity index (χ3n) is 4.25. The molecule has 1 aromatic heterocycles. The minimum atomic E-state index is -0.493. The lowest BCUT2D eigenvalue weighted by Crippen LogP contribution is -2.44. The van der Waals surface area contributed by atoms with Gasteiger partial charge in [0.15, 0.2) is 17.1 Å². The van der Waals surface area contributed by atoms with E-state index in [0.29, 0.717) is 18.1 Å². The summed E-state index contributed by atoms with van der Waals surface area (Å²) in [6.07, 6.45) is 3.80. The number of rotatable bonds is 8. The van der Waals surface area contributed by atoms with E-state index in [9.17, 15) is 9.18 Å². The van der Waals surface area contributed by atoms with Crippen molar-refractivity contribution in [1.29, 1.82) is 0 Å². The van der Waals surface area contributed by atoms with Crippen LogP contribution in [0.2, 0.25) is 5.02 Å². The monoisotopic (exact) mass is 425 g/mol. The zero-order valence-corrected chi connectivity index (χ0v) is 17.9. The number of benzene rings is 1. The lowest BCUT2D eigenvalue weighted by Gasteiger charge is -2.11. The van der Waals surface area contributed by atoms with Crippen molar-refractivity contribution in [2.45, 2.75) is 33.2 Å². The summed E-state index contributed by atoms with van der Waals surface area (Å²) in [7, 11) is 2.87. The fourth-order valence-electron chi connectivity index (χ4n) is 2.55. The van der Waals surface area contributed by atoms with Crippen molar-refractivity contribution in [2.75, 3.05) is 20.8 Å². The van der Waals surface area contributed by atoms with Gasteiger partial charge in [-0.05, 0) is 36.5 Å². The van der Waals surface area contributed by atoms with Gasteiger partial charge in [0.05, 0.1) is 18.7 Å². The van der Waals surface area contributed by atoms with E-state index in [-0.39, 0.29) is 28.8 Å². The van der Waals surface area contributed by atoms with E-state index in [1.54, 1.807) is 18.3 Å². The zero-order valence-electron chi connectivity index (χ0n) is 17.1. The molecule has 0 bridgehead atoms. The highest BCUT2D eigenvalue weighted by molar-refractivity contribution is 6.34. The molecule has 6 nitrogen and oxygen atoms in total. The van der Waals surface area contributed by atoms with E-state index in [1.807, 2.05) is 13.8 Å². The molecule has 29 heavy (non-hydrogen) atoms. The second-order valence-corrected chi connectivity index (χ2v) is 6.67. The number of halogens is 2. The molecule has 0 radical (unpaired) electrons. The minimum Gasteiger partial charge on any atom is -0.494 e. The number of nitrogens with one attached hydrogen (secondary N) is 1. The van der Waals surface area contributed by atoms with Gasteiger partial charge in [0.25, 0.3) is 5.91 Å². The van der Waals surface area contributed by atoms with Gasteiger partial charge in [-0.3, -0.25) is 9.63 Å². The predicted molar refractivity (Wildman–Crippen MR) is 108 cm³/mol. The molecule has 1 fully saturated rings. The first-order chi connectivity index (χ1) is 14.0. The molecule has 1 heterocycles. The molecule has 0 atom stereocenters. The Labute approximate surface area is 175 Å². The normalized spacial score (nSPS) is 12.5. The molecule has 1 amide bonds. The summed E-state index contributed by atoms with van der Waals surface area (Å²) in [5.41, 5.74) is 0.768. The Morgan fingerprint density at radius 2 is 2.00 bits per heavy atom. The van der Waals surface area contributed by atoms with Crippen molar-refractivity contribution in [2.24, 2.45) is 5.92 Å². The minimum absolute atomic E-state index is 0.125. The zero-order chi connectivity index (χ0) is 21.4. The number of amides is 1. The smallest absolute Gasteiger partial charge is 0.431 e. The van der Waals surface area contributed by atoms with Crippen LogP contribution in [0.15, 0.2) is 30.5 Å². The first-order valence-electron chi connectivity index (χ1n) is 9.55. The summed E-state index contributed by atoms with van der Waals surface area (Å²) in [4.78, 5) is 18.0. The Bertz CT molecular complexity index is 844. The lowest BCUT2D eigenvalue weighted by molar-refractivity contribution is -0.887. The fourth-order valence-corrected chi connectivity index (χ4v) is 2.78. The molecular weight excluding hydrogens is 399 g/mol. The Kier molecular flexibility index (Phi) is 8.51. The van der Waals surface area contributed by atoms with E-state index >= 15 is 0 Å². The van der Waals surface area contributed by atoms with Crippen molar-refractivity contribution in [3.8, 4) is 11.6 Å². The highest BCUT2D eigenvalue weighted by Gasteiger charge is 2.31. The molecule has 0 spiro atoms. The Balaban J connectivity index is 0.00000145. The van der Waals surface area contributed by atoms with Crippen LogP contribution in [0.1, 0.15) is 42.6 Å². The van der Waals surface area contributed by atoms with Gasteiger partial charge in [0.2, 0.25) is 6.20 Å².